The van der Waals surface area contributed by atoms with Gasteiger partial charge in [0, 0.05) is 18.2 Å². The van der Waals surface area contributed by atoms with E-state index in [-0.39, 0.29) is 26.2 Å². The maximum absolute atomic E-state index is 12.8. The zero-order chi connectivity index (χ0) is 21.3. The normalized spacial score (nSPS) is 15.1. The molecule has 0 unspecified atom stereocenters. The van der Waals surface area contributed by atoms with Crippen LogP contribution in [0.25, 0.3) is 6.08 Å². The first-order chi connectivity index (χ1) is 13.7. The first-order valence-electron chi connectivity index (χ1n) is 7.80. The van der Waals surface area contributed by atoms with E-state index in [2.05, 4.69) is 0 Å². The van der Waals surface area contributed by atoms with Gasteiger partial charge in [0.05, 0.1) is 27.5 Å². The van der Waals surface area contributed by atoms with E-state index in [0.29, 0.717) is 5.69 Å². The van der Waals surface area contributed by atoms with Crippen molar-refractivity contribution < 1.29 is 24.5 Å². The van der Waals surface area contributed by atoms with Crippen molar-refractivity contribution in [3.05, 3.63) is 67.1 Å². The molecule has 0 radical (unpaired) electrons. The average Bonchev–Trinajstić information content (AvgIpc) is 2.96. The molecule has 1 saturated heterocycles. The van der Waals surface area contributed by atoms with Gasteiger partial charge in [-0.3, -0.25) is 29.9 Å². The van der Waals surface area contributed by atoms with Crippen molar-refractivity contribution >= 4 is 57.3 Å². The average molecular weight is 433 g/mol. The molecule has 0 aliphatic carbocycles. The van der Waals surface area contributed by atoms with Gasteiger partial charge < -0.3 is 9.84 Å². The molecule has 0 aromatic heterocycles. The molecule has 1 heterocycles. The van der Waals surface area contributed by atoms with Crippen molar-refractivity contribution in [2.75, 3.05) is 12.0 Å². The number of nitrogens with zero attached hydrogens (tertiary/aromatic N) is 3. The number of rotatable bonds is 5. The second-order valence-corrected chi connectivity index (χ2v) is 7.31. The molecule has 148 valence electrons. The Kier molecular flexibility index (Phi) is 5.48. The monoisotopic (exact) mass is 433 g/mol. The lowest BCUT2D eigenvalue weighted by atomic mass is 10.1. The van der Waals surface area contributed by atoms with Crippen LogP contribution >= 0.6 is 24.0 Å². The van der Waals surface area contributed by atoms with Crippen LogP contribution in [0.5, 0.6) is 11.5 Å². The number of nitro groups is 2. The van der Waals surface area contributed by atoms with Crippen LogP contribution in [0, 0.1) is 20.2 Å². The molecule has 0 spiro atoms. The molecule has 1 aliphatic rings. The Balaban J connectivity index is 1.97. The van der Waals surface area contributed by atoms with E-state index < -0.39 is 27.2 Å². The lowest BCUT2D eigenvalue weighted by molar-refractivity contribution is -0.386. The van der Waals surface area contributed by atoms with E-state index in [1.807, 2.05) is 0 Å². The van der Waals surface area contributed by atoms with Gasteiger partial charge in [-0.05, 0) is 29.8 Å². The second-order valence-electron chi connectivity index (χ2n) is 5.64. The van der Waals surface area contributed by atoms with Crippen molar-refractivity contribution in [1.29, 1.82) is 0 Å². The second kappa shape index (κ2) is 7.85. The minimum Gasteiger partial charge on any atom is -0.500 e. The fourth-order valence-corrected chi connectivity index (χ4v) is 3.86. The summed E-state index contributed by atoms with van der Waals surface area (Å²) in [7, 11) is 1.25. The van der Waals surface area contributed by atoms with Crippen molar-refractivity contribution in [2.24, 2.45) is 0 Å². The van der Waals surface area contributed by atoms with E-state index in [4.69, 9.17) is 17.0 Å². The van der Waals surface area contributed by atoms with E-state index in [1.165, 1.54) is 48.4 Å². The van der Waals surface area contributed by atoms with Gasteiger partial charge >= 0.3 is 5.69 Å². The molecular formula is C17H11N3O7S2. The number of ether oxygens (including phenoxy) is 1. The number of non-ortho nitro benzene ring substituents is 1. The van der Waals surface area contributed by atoms with Gasteiger partial charge in [0.25, 0.3) is 11.6 Å². The number of phenols is 1. The number of anilines is 1. The molecule has 12 heteroatoms. The number of hydrogen-bond acceptors (Lipinski definition) is 9. The first kappa shape index (κ1) is 20.2. The minimum absolute atomic E-state index is 0.115. The number of carbonyl (C=O) groups excluding carboxylic acids is 1. The summed E-state index contributed by atoms with van der Waals surface area (Å²) < 4.78 is 5.15. The van der Waals surface area contributed by atoms with Gasteiger partial charge in [0.2, 0.25) is 5.75 Å². The summed E-state index contributed by atoms with van der Waals surface area (Å²) in [5.41, 5.74) is -0.0778. The first-order valence-corrected chi connectivity index (χ1v) is 9.03. The van der Waals surface area contributed by atoms with E-state index >= 15 is 0 Å². The van der Waals surface area contributed by atoms with E-state index in [9.17, 15) is 30.1 Å². The van der Waals surface area contributed by atoms with Crippen molar-refractivity contribution in [3.63, 3.8) is 0 Å². The summed E-state index contributed by atoms with van der Waals surface area (Å²) in [6.45, 7) is 0. The Labute approximate surface area is 172 Å². The van der Waals surface area contributed by atoms with Crippen molar-refractivity contribution in [1.82, 2.24) is 0 Å². The Morgan fingerprint density at radius 1 is 1.17 bits per heavy atom. The number of amides is 1. The molecule has 1 aliphatic heterocycles. The predicted octanol–water partition coefficient (Wildman–Crippen LogP) is 3.62. The topological polar surface area (TPSA) is 136 Å². The van der Waals surface area contributed by atoms with Crippen LogP contribution in [0.1, 0.15) is 5.56 Å². The lowest BCUT2D eigenvalue weighted by Gasteiger charge is -2.13. The number of thiocarbonyl (C=S) groups is 1. The van der Waals surface area contributed by atoms with Crippen LogP contribution < -0.4 is 9.64 Å². The maximum atomic E-state index is 12.8. The third-order valence-electron chi connectivity index (χ3n) is 3.90. The highest BCUT2D eigenvalue weighted by Gasteiger charge is 2.34. The standard InChI is InChI=1S/C17H11N3O7S2/c1-27-13-7-9(6-12(15(13)21)20(25)26)8-14-16(22)18(17(28)29-14)10-2-4-11(5-3-10)19(23)24/h2-8,21H,1H3/b14-8+. The van der Waals surface area contributed by atoms with Crippen LogP contribution in [0.4, 0.5) is 17.1 Å². The van der Waals surface area contributed by atoms with Crippen LogP contribution in [0.15, 0.2) is 41.3 Å². The molecule has 1 N–H and O–H groups in total. The SMILES string of the molecule is COc1cc(/C=C2/SC(=S)N(c3ccc([N+](=O)[O-])cc3)C2=O)cc([N+](=O)[O-])c1O. The Bertz CT molecular complexity index is 1080. The fourth-order valence-electron chi connectivity index (χ4n) is 2.56. The largest absolute Gasteiger partial charge is 0.500 e. The van der Waals surface area contributed by atoms with Gasteiger partial charge in [-0.15, -0.1) is 0 Å². The lowest BCUT2D eigenvalue weighted by Crippen LogP contribution is -2.27. The van der Waals surface area contributed by atoms with Gasteiger partial charge in [-0.25, -0.2) is 0 Å². The molecule has 10 nitrogen and oxygen atoms in total. The molecule has 29 heavy (non-hydrogen) atoms. The number of methoxy groups -OCH3 is 1. The quantitative estimate of drug-likeness (QED) is 0.324. The predicted molar refractivity (Wildman–Crippen MR) is 110 cm³/mol. The van der Waals surface area contributed by atoms with Crippen molar-refractivity contribution in [3.8, 4) is 11.5 Å². The fraction of sp³-hybridized carbons (Fsp3) is 0.0588. The number of nitro benzene ring substituents is 2. The molecule has 0 atom stereocenters. The van der Waals surface area contributed by atoms with Crippen LogP contribution in [0.2, 0.25) is 0 Å². The summed E-state index contributed by atoms with van der Waals surface area (Å²) >= 11 is 6.21. The van der Waals surface area contributed by atoms with E-state index in [0.717, 1.165) is 17.8 Å². The highest BCUT2D eigenvalue weighted by atomic mass is 32.2. The molecule has 3 rings (SSSR count). The molecule has 2 aromatic carbocycles. The molecular weight excluding hydrogens is 422 g/mol. The van der Waals surface area contributed by atoms with Crippen LogP contribution in [-0.2, 0) is 4.79 Å². The van der Waals surface area contributed by atoms with Gasteiger partial charge in [-0.1, -0.05) is 24.0 Å². The zero-order valence-corrected chi connectivity index (χ0v) is 16.2. The summed E-state index contributed by atoms with van der Waals surface area (Å²) in [6, 6.07) is 7.77. The smallest absolute Gasteiger partial charge is 0.315 e. The Morgan fingerprint density at radius 3 is 2.38 bits per heavy atom. The molecule has 0 bridgehead atoms. The molecule has 2 aromatic rings. The van der Waals surface area contributed by atoms with E-state index in [1.54, 1.807) is 0 Å². The maximum Gasteiger partial charge on any atom is 0.315 e. The minimum atomic E-state index is -0.767. The number of benzene rings is 2. The summed E-state index contributed by atoms with van der Waals surface area (Å²) in [4.78, 5) is 34.8. The van der Waals surface area contributed by atoms with Gasteiger partial charge in [0.15, 0.2) is 10.1 Å². The molecule has 1 amide bonds. The molecule has 1 fully saturated rings. The third-order valence-corrected chi connectivity index (χ3v) is 5.21. The Morgan fingerprint density at radius 2 is 1.83 bits per heavy atom. The van der Waals surface area contributed by atoms with Crippen molar-refractivity contribution in [2.45, 2.75) is 0 Å². The highest BCUT2D eigenvalue weighted by molar-refractivity contribution is 8.27. The number of hydrogen-bond donors (Lipinski definition) is 1. The van der Waals surface area contributed by atoms with Crippen LogP contribution in [-0.4, -0.2) is 32.3 Å². The number of carbonyl (C=O) groups is 1. The Hall–Kier alpha value is -3.51. The summed E-state index contributed by atoms with van der Waals surface area (Å²) in [6.07, 6.45) is 1.39. The number of thioether (sulfide) groups is 1. The number of phenolic OH excluding ortho intramolecular Hbond substituents is 1. The molecule has 0 saturated carbocycles. The summed E-state index contributed by atoms with van der Waals surface area (Å²) in [5, 5.41) is 31.8. The van der Waals surface area contributed by atoms with Gasteiger partial charge in [-0.2, -0.15) is 0 Å². The van der Waals surface area contributed by atoms with Gasteiger partial charge in [0.1, 0.15) is 0 Å². The third kappa shape index (κ3) is 3.88. The highest BCUT2D eigenvalue weighted by Crippen LogP contribution is 2.40. The summed E-state index contributed by atoms with van der Waals surface area (Å²) in [5.74, 6) is -1.21. The van der Waals surface area contributed by atoms with Crippen LogP contribution in [0.3, 0.4) is 0 Å². The zero-order valence-electron chi connectivity index (χ0n) is 14.6. The number of aromatic hydroxyl groups is 1.